The van der Waals surface area contributed by atoms with Crippen LogP contribution in [-0.4, -0.2) is 56.4 Å². The van der Waals surface area contributed by atoms with Crippen LogP contribution in [0.5, 0.6) is 5.75 Å². The molecule has 5 heteroatoms. The van der Waals surface area contributed by atoms with Crippen molar-refractivity contribution in [3.05, 3.63) is 101 Å². The molecule has 0 amide bonds. The van der Waals surface area contributed by atoms with Crippen LogP contribution < -0.4 is 10.1 Å². The van der Waals surface area contributed by atoms with Crippen molar-refractivity contribution in [1.82, 2.24) is 10.2 Å². The van der Waals surface area contributed by atoms with Crippen molar-refractivity contribution < 1.29 is 9.84 Å². The van der Waals surface area contributed by atoms with Gasteiger partial charge in [0.15, 0.2) is 0 Å². The minimum Gasteiger partial charge on any atom is -0.493 e. The largest absolute Gasteiger partial charge is 0.493 e. The maximum Gasteiger partial charge on any atom is 0.119 e. The summed E-state index contributed by atoms with van der Waals surface area (Å²) in [5.74, 6) is 2.04. The Balaban J connectivity index is 1.71. The second kappa shape index (κ2) is 16.9. The molecule has 2 N–H and O–H groups in total. The Labute approximate surface area is 254 Å². The Morgan fingerprint density at radius 3 is 2.59 bits per heavy atom. The van der Waals surface area contributed by atoms with Gasteiger partial charge < -0.3 is 20.1 Å². The average Bonchev–Trinajstić information content (AvgIpc) is 2.93. The number of benzene rings is 2. The molecular weight excluding hydrogens is 528 g/mol. The van der Waals surface area contributed by atoms with Crippen molar-refractivity contribution in [3.63, 3.8) is 0 Å². The predicted octanol–water partition coefficient (Wildman–Crippen LogP) is 7.79. The summed E-state index contributed by atoms with van der Waals surface area (Å²) in [5, 5.41) is 14.7. The lowest BCUT2D eigenvalue weighted by molar-refractivity contribution is 0.0246. The summed E-state index contributed by atoms with van der Waals surface area (Å²) in [5.41, 5.74) is 4.87. The monoisotopic (exact) mass is 578 g/mol. The van der Waals surface area contributed by atoms with Crippen LogP contribution in [0.3, 0.4) is 0 Å². The molecule has 1 aliphatic rings. The minimum absolute atomic E-state index is 0.147. The third-order valence-electron chi connectivity index (χ3n) is 8.41. The molecular formula is C36H51ClN2O2. The molecule has 0 aromatic heterocycles. The number of likely N-dealkylation sites (N-methyl/N-ethyl adjacent to an activating group) is 1. The molecule has 2 aromatic rings. The highest BCUT2D eigenvalue weighted by Crippen LogP contribution is 2.38. The maximum atomic E-state index is 10.8. The normalized spacial score (nSPS) is 19.1. The highest BCUT2D eigenvalue weighted by Gasteiger charge is 2.36. The fraction of sp³-hybridized carbons (Fsp3) is 0.500. The van der Waals surface area contributed by atoms with Crippen LogP contribution in [0, 0.1) is 11.8 Å². The Morgan fingerprint density at radius 1 is 1.22 bits per heavy atom. The van der Waals surface area contributed by atoms with Crippen molar-refractivity contribution in [2.24, 2.45) is 11.8 Å². The third kappa shape index (κ3) is 9.85. The number of hydrogen-bond acceptors (Lipinski definition) is 4. The van der Waals surface area contributed by atoms with E-state index in [0.717, 1.165) is 61.7 Å². The van der Waals surface area contributed by atoms with Crippen LogP contribution in [-0.2, 0) is 6.42 Å². The first-order valence-electron chi connectivity index (χ1n) is 15.2. The first-order valence-corrected chi connectivity index (χ1v) is 15.6. The summed E-state index contributed by atoms with van der Waals surface area (Å²) < 4.78 is 6.42. The fourth-order valence-corrected chi connectivity index (χ4v) is 6.21. The van der Waals surface area contributed by atoms with E-state index in [4.69, 9.17) is 16.3 Å². The number of aryl methyl sites for hydroxylation is 1. The van der Waals surface area contributed by atoms with Crippen LogP contribution in [0.1, 0.15) is 68.1 Å². The van der Waals surface area contributed by atoms with Crippen LogP contribution in [0.4, 0.5) is 0 Å². The van der Waals surface area contributed by atoms with E-state index >= 15 is 0 Å². The fourth-order valence-electron chi connectivity index (χ4n) is 6.02. The summed E-state index contributed by atoms with van der Waals surface area (Å²) in [6.07, 6.45) is 10.9. The molecule has 0 heterocycles. The predicted molar refractivity (Wildman–Crippen MR) is 175 cm³/mol. The number of nitrogens with one attached hydrogen (secondary N) is 1. The number of aliphatic hydroxyl groups is 1. The summed E-state index contributed by atoms with van der Waals surface area (Å²) >= 11 is 6.42. The molecule has 5 unspecified atom stereocenters. The standard InChI is InChI=1S/C36H51ClN2O2/c1-7-11-28-22-31(37)16-20-34(28)30(25-41-32-17-13-27(14-18-32)33(8-2)26(3)4)24-39(6)23-29-15-19-35(29)36(40)12-9-10-21-38-5/h8-9,12-14,16-18,20,22,29-30,33,35-36,38,40H,2-3,7,10-11,15,19,21,23-25H2,1,4-6H3/b12-9+. The van der Waals surface area contributed by atoms with Gasteiger partial charge in [-0.05, 0) is 106 Å². The number of halogens is 1. The van der Waals surface area contributed by atoms with E-state index in [0.29, 0.717) is 18.4 Å². The van der Waals surface area contributed by atoms with Gasteiger partial charge in [0, 0.05) is 29.9 Å². The van der Waals surface area contributed by atoms with Gasteiger partial charge in [0.1, 0.15) is 5.75 Å². The van der Waals surface area contributed by atoms with Gasteiger partial charge in [-0.2, -0.15) is 0 Å². The first-order chi connectivity index (χ1) is 19.8. The second-order valence-electron chi connectivity index (χ2n) is 11.8. The number of aliphatic hydroxyl groups excluding tert-OH is 1. The molecule has 0 spiro atoms. The summed E-state index contributed by atoms with van der Waals surface area (Å²) in [6, 6.07) is 14.6. The zero-order chi connectivity index (χ0) is 29.8. The molecule has 4 nitrogen and oxygen atoms in total. The number of hydrogen-bond donors (Lipinski definition) is 2. The van der Waals surface area contributed by atoms with E-state index in [2.05, 4.69) is 79.8 Å². The lowest BCUT2D eigenvalue weighted by Gasteiger charge is -2.41. The molecule has 0 aliphatic heterocycles. The smallest absolute Gasteiger partial charge is 0.119 e. The molecule has 5 atom stereocenters. The van der Waals surface area contributed by atoms with Crippen molar-refractivity contribution in [1.29, 1.82) is 0 Å². The molecule has 3 rings (SSSR count). The van der Waals surface area contributed by atoms with Gasteiger partial charge in [-0.3, -0.25) is 0 Å². The lowest BCUT2D eigenvalue weighted by atomic mass is 9.70. The summed E-state index contributed by atoms with van der Waals surface area (Å²) in [6.45, 7) is 15.7. The summed E-state index contributed by atoms with van der Waals surface area (Å²) in [4.78, 5) is 2.43. The Hall–Kier alpha value is -2.37. The molecule has 0 radical (unpaired) electrons. The van der Waals surface area contributed by atoms with Crippen molar-refractivity contribution in [2.45, 2.75) is 63.9 Å². The van der Waals surface area contributed by atoms with Gasteiger partial charge in [-0.25, -0.2) is 0 Å². The number of allylic oxidation sites excluding steroid dienone is 2. The van der Waals surface area contributed by atoms with Crippen molar-refractivity contribution in [2.75, 3.05) is 40.3 Å². The van der Waals surface area contributed by atoms with E-state index in [1.807, 2.05) is 32.2 Å². The highest BCUT2D eigenvalue weighted by molar-refractivity contribution is 6.30. The molecule has 1 saturated carbocycles. The molecule has 1 aliphatic carbocycles. The van der Waals surface area contributed by atoms with Gasteiger partial charge in [0.05, 0.1) is 12.7 Å². The number of nitrogens with zero attached hydrogens (tertiary/aromatic N) is 1. The van der Waals surface area contributed by atoms with E-state index in [1.165, 1.54) is 23.1 Å². The van der Waals surface area contributed by atoms with Crippen LogP contribution in [0.15, 0.2) is 79.4 Å². The van der Waals surface area contributed by atoms with Crippen molar-refractivity contribution >= 4 is 11.6 Å². The molecule has 0 bridgehead atoms. The van der Waals surface area contributed by atoms with Crippen LogP contribution in [0.25, 0.3) is 0 Å². The zero-order valence-corrected chi connectivity index (χ0v) is 26.4. The Morgan fingerprint density at radius 2 is 1.98 bits per heavy atom. The SMILES string of the molecule is C=CC(C(=C)C)c1ccc(OCC(CN(C)CC2CCC2C(O)/C=C/CCNC)c2ccc(Cl)cc2CCC)cc1. The maximum absolute atomic E-state index is 10.8. The van der Waals surface area contributed by atoms with E-state index in [9.17, 15) is 5.11 Å². The molecule has 41 heavy (non-hydrogen) atoms. The van der Waals surface area contributed by atoms with Gasteiger partial charge >= 0.3 is 0 Å². The van der Waals surface area contributed by atoms with Gasteiger partial charge in [0.2, 0.25) is 0 Å². The van der Waals surface area contributed by atoms with Gasteiger partial charge in [-0.1, -0.05) is 73.5 Å². The van der Waals surface area contributed by atoms with Gasteiger partial charge in [-0.15, -0.1) is 6.58 Å². The van der Waals surface area contributed by atoms with Crippen LogP contribution in [0.2, 0.25) is 5.02 Å². The topological polar surface area (TPSA) is 44.7 Å². The van der Waals surface area contributed by atoms with E-state index < -0.39 is 0 Å². The minimum atomic E-state index is -0.362. The van der Waals surface area contributed by atoms with Crippen LogP contribution >= 0.6 is 11.6 Å². The van der Waals surface area contributed by atoms with Gasteiger partial charge in [0.25, 0.3) is 0 Å². The van der Waals surface area contributed by atoms with Crippen molar-refractivity contribution in [3.8, 4) is 5.75 Å². The number of ether oxygens (including phenoxy) is 1. The third-order valence-corrected chi connectivity index (χ3v) is 8.64. The highest BCUT2D eigenvalue weighted by atomic mass is 35.5. The summed E-state index contributed by atoms with van der Waals surface area (Å²) in [7, 11) is 4.16. The van der Waals surface area contributed by atoms with E-state index in [-0.39, 0.29) is 17.9 Å². The Kier molecular flexibility index (Phi) is 13.7. The zero-order valence-electron chi connectivity index (χ0n) is 25.6. The average molecular weight is 579 g/mol. The first kappa shape index (κ1) is 33.1. The number of rotatable bonds is 18. The molecule has 0 saturated heterocycles. The van der Waals surface area contributed by atoms with E-state index in [1.54, 1.807) is 0 Å². The molecule has 1 fully saturated rings. The lowest BCUT2D eigenvalue weighted by Crippen LogP contribution is -2.42. The molecule has 224 valence electrons. The quantitative estimate of drug-likeness (QED) is 0.140. The second-order valence-corrected chi connectivity index (χ2v) is 12.2. The molecule has 2 aromatic carbocycles. The Bertz CT molecular complexity index is 1130.